The quantitative estimate of drug-likeness (QED) is 0.135. The van der Waals surface area contributed by atoms with E-state index >= 15 is 0 Å². The van der Waals surface area contributed by atoms with Gasteiger partial charge in [-0.25, -0.2) is 0 Å². The van der Waals surface area contributed by atoms with Crippen molar-refractivity contribution in [3.8, 4) is 11.8 Å². The Balaban J connectivity index is 1.35. The van der Waals surface area contributed by atoms with E-state index in [0.29, 0.717) is 23.7 Å². The summed E-state index contributed by atoms with van der Waals surface area (Å²) in [6, 6.07) is 0. The predicted octanol–water partition coefficient (Wildman–Crippen LogP) is 9.53. The Hall–Kier alpha value is -1.86. The molecule has 1 aliphatic heterocycles. The van der Waals surface area contributed by atoms with Gasteiger partial charge in [0.2, 0.25) is 0 Å². The van der Waals surface area contributed by atoms with E-state index in [-0.39, 0.29) is 34.2 Å². The van der Waals surface area contributed by atoms with Gasteiger partial charge in [-0.2, -0.15) is 0 Å². The second-order valence-corrected chi connectivity index (χ2v) is 15.9. The molecule has 1 saturated carbocycles. The maximum Gasteiger partial charge on any atom is 0.121 e. The zero-order chi connectivity index (χ0) is 32.1. The van der Waals surface area contributed by atoms with Gasteiger partial charge in [0, 0.05) is 28.7 Å². The van der Waals surface area contributed by atoms with Crippen molar-refractivity contribution in [3.63, 3.8) is 0 Å². The van der Waals surface area contributed by atoms with Gasteiger partial charge in [0.25, 0.3) is 0 Å². The molecule has 0 radical (unpaired) electrons. The number of epoxide rings is 1. The minimum Gasteiger partial charge on any atom is -0.393 e. The minimum atomic E-state index is -0.268. The molecule has 43 heavy (non-hydrogen) atoms. The molecule has 2 N–H and O–H groups in total. The lowest BCUT2D eigenvalue weighted by Gasteiger charge is -2.39. The SMILES string of the molecule is CC1=C(C#CC(C)C/C=C/C(C)C/C=C/CC(C)C/C=C/C(C)/C=C/[C@@]23O[C@]2(C)C[C@@H](O)CC3(C)C)C(C)(C)C[C@H](O)C1. The average molecular weight is 591 g/mol. The first-order valence-electron chi connectivity index (χ1n) is 17.0. The first-order valence-corrected chi connectivity index (χ1v) is 17.0. The number of aliphatic hydroxyl groups is 2. The lowest BCUT2D eigenvalue weighted by Crippen LogP contribution is -2.46. The number of rotatable bonds is 12. The van der Waals surface area contributed by atoms with Crippen molar-refractivity contribution in [1.82, 2.24) is 0 Å². The highest BCUT2D eigenvalue weighted by Gasteiger charge is 2.74. The molecule has 0 aromatic rings. The number of fused-ring (bicyclic) bond motifs is 1. The molecule has 3 rings (SSSR count). The average Bonchev–Trinajstić information content (AvgIpc) is 3.49. The van der Waals surface area contributed by atoms with Crippen LogP contribution in [-0.2, 0) is 4.74 Å². The molecule has 3 nitrogen and oxygen atoms in total. The molecule has 3 heteroatoms. The number of aliphatic hydroxyl groups excluding tert-OH is 2. The van der Waals surface area contributed by atoms with Crippen LogP contribution in [0.25, 0.3) is 0 Å². The topological polar surface area (TPSA) is 53.0 Å². The van der Waals surface area contributed by atoms with Crippen LogP contribution in [0.15, 0.2) is 59.8 Å². The van der Waals surface area contributed by atoms with E-state index in [1.165, 1.54) is 11.1 Å². The molecule has 1 heterocycles. The Kier molecular flexibility index (Phi) is 12.0. The van der Waals surface area contributed by atoms with E-state index in [1.54, 1.807) is 0 Å². The normalized spacial score (nSPS) is 33.0. The van der Waals surface area contributed by atoms with Crippen molar-refractivity contribution >= 4 is 0 Å². The summed E-state index contributed by atoms with van der Waals surface area (Å²) in [5.41, 5.74) is 1.90. The first-order chi connectivity index (χ1) is 20.0. The van der Waals surface area contributed by atoms with E-state index in [2.05, 4.69) is 130 Å². The van der Waals surface area contributed by atoms with Crippen LogP contribution in [0.1, 0.15) is 121 Å². The summed E-state index contributed by atoms with van der Waals surface area (Å²) in [6.45, 7) is 22.2. The fraction of sp³-hybridized carbons (Fsp3) is 0.700. The van der Waals surface area contributed by atoms with Crippen LogP contribution in [-0.4, -0.2) is 33.6 Å². The van der Waals surface area contributed by atoms with E-state index < -0.39 is 0 Å². The Morgan fingerprint density at radius 1 is 0.814 bits per heavy atom. The summed E-state index contributed by atoms with van der Waals surface area (Å²) in [6.07, 6.45) is 25.3. The van der Waals surface area contributed by atoms with Gasteiger partial charge < -0.3 is 14.9 Å². The summed E-state index contributed by atoms with van der Waals surface area (Å²) in [5.74, 6) is 8.78. The highest BCUT2D eigenvalue weighted by atomic mass is 16.6. The molecule has 8 atom stereocenters. The van der Waals surface area contributed by atoms with E-state index in [0.717, 1.165) is 51.4 Å². The maximum absolute atomic E-state index is 10.3. The monoisotopic (exact) mass is 590 g/mol. The van der Waals surface area contributed by atoms with Gasteiger partial charge in [-0.3, -0.25) is 0 Å². The molecule has 240 valence electrons. The lowest BCUT2D eigenvalue weighted by molar-refractivity contribution is 0.0514. The van der Waals surface area contributed by atoms with Gasteiger partial charge in [0.15, 0.2) is 0 Å². The van der Waals surface area contributed by atoms with E-state index in [9.17, 15) is 10.2 Å². The molecule has 0 aromatic carbocycles. The largest absolute Gasteiger partial charge is 0.393 e. The van der Waals surface area contributed by atoms with Gasteiger partial charge in [0.05, 0.1) is 12.2 Å². The third-order valence-corrected chi connectivity index (χ3v) is 10.1. The first kappa shape index (κ1) is 35.6. The molecule has 2 fully saturated rings. The molecular weight excluding hydrogens is 528 g/mol. The Morgan fingerprint density at radius 2 is 1.47 bits per heavy atom. The summed E-state index contributed by atoms with van der Waals surface area (Å²) in [7, 11) is 0. The number of allylic oxidation sites excluding steroid dienone is 8. The van der Waals surface area contributed by atoms with Gasteiger partial charge in [-0.15, -0.1) is 0 Å². The van der Waals surface area contributed by atoms with Crippen LogP contribution < -0.4 is 0 Å². The van der Waals surface area contributed by atoms with Crippen molar-refractivity contribution in [2.45, 2.75) is 144 Å². The number of hydrogen-bond donors (Lipinski definition) is 2. The fourth-order valence-corrected chi connectivity index (χ4v) is 7.61. The Bertz CT molecular complexity index is 1150. The van der Waals surface area contributed by atoms with Crippen molar-refractivity contribution in [2.24, 2.45) is 34.5 Å². The van der Waals surface area contributed by atoms with Crippen LogP contribution in [0.3, 0.4) is 0 Å². The van der Waals surface area contributed by atoms with Gasteiger partial charge in [0.1, 0.15) is 11.2 Å². The minimum absolute atomic E-state index is 0.0399. The molecule has 2 aliphatic carbocycles. The second kappa shape index (κ2) is 14.5. The zero-order valence-corrected chi connectivity index (χ0v) is 29.0. The van der Waals surface area contributed by atoms with Crippen molar-refractivity contribution in [1.29, 1.82) is 0 Å². The molecule has 1 saturated heterocycles. The molecule has 4 unspecified atom stereocenters. The van der Waals surface area contributed by atoms with Gasteiger partial charge in [-0.1, -0.05) is 121 Å². The molecule has 0 spiro atoms. The molecule has 0 aromatic heterocycles. The number of ether oxygens (including phenoxy) is 1. The lowest BCUT2D eigenvalue weighted by atomic mass is 9.63. The van der Waals surface area contributed by atoms with Gasteiger partial charge >= 0.3 is 0 Å². The number of hydrogen-bond acceptors (Lipinski definition) is 3. The third-order valence-electron chi connectivity index (χ3n) is 10.1. The van der Waals surface area contributed by atoms with Crippen molar-refractivity contribution in [2.75, 3.05) is 0 Å². The van der Waals surface area contributed by atoms with Crippen LogP contribution in [0.2, 0.25) is 0 Å². The summed E-state index contributed by atoms with van der Waals surface area (Å²) >= 11 is 0. The molecular formula is C40H62O3. The van der Waals surface area contributed by atoms with Crippen molar-refractivity contribution < 1.29 is 14.9 Å². The van der Waals surface area contributed by atoms with E-state index in [4.69, 9.17) is 4.74 Å². The van der Waals surface area contributed by atoms with Crippen LogP contribution in [0, 0.1) is 46.3 Å². The Labute approximate surface area is 264 Å². The smallest absolute Gasteiger partial charge is 0.121 e. The summed E-state index contributed by atoms with van der Waals surface area (Å²) in [4.78, 5) is 0. The highest BCUT2D eigenvalue weighted by molar-refractivity contribution is 5.40. The zero-order valence-electron chi connectivity index (χ0n) is 29.0. The fourth-order valence-electron chi connectivity index (χ4n) is 7.61. The maximum atomic E-state index is 10.3. The molecule has 0 bridgehead atoms. The van der Waals surface area contributed by atoms with Crippen LogP contribution >= 0.6 is 0 Å². The summed E-state index contributed by atoms with van der Waals surface area (Å²) in [5, 5.41) is 20.4. The van der Waals surface area contributed by atoms with Crippen LogP contribution in [0.4, 0.5) is 0 Å². The highest BCUT2D eigenvalue weighted by Crippen LogP contribution is 2.66. The molecule has 3 aliphatic rings. The second-order valence-electron chi connectivity index (χ2n) is 15.9. The third kappa shape index (κ3) is 9.32. The van der Waals surface area contributed by atoms with E-state index in [1.807, 2.05) is 0 Å². The van der Waals surface area contributed by atoms with Gasteiger partial charge in [-0.05, 0) is 76.5 Å². The summed E-state index contributed by atoms with van der Waals surface area (Å²) < 4.78 is 6.28. The van der Waals surface area contributed by atoms with Crippen LogP contribution in [0.5, 0.6) is 0 Å². The Morgan fingerprint density at radius 3 is 2.14 bits per heavy atom. The van der Waals surface area contributed by atoms with Crippen molar-refractivity contribution in [3.05, 3.63) is 59.8 Å². The standard InChI is InChI=1S/C40H62O3/c1-29(17-13-19-31(3)21-22-36-33(5)25-34(41)26-37(36,6)7)15-11-12-16-30(2)18-14-20-32(4)23-24-40-38(8,9)27-35(42)28-39(40,10)43-40/h11-14,17,20,23-24,29-32,34-35,41-42H,15-16,18-19,25-28H2,1-10H3/b12-11+,17-13+,20-14+,24-23+/t29?,30?,31?,32?,34-,35+,39-,40+/m1/s1. The predicted molar refractivity (Wildman–Crippen MR) is 182 cm³/mol. The molecule has 0 amide bonds.